The van der Waals surface area contributed by atoms with Crippen molar-refractivity contribution in [1.29, 1.82) is 0 Å². The van der Waals surface area contributed by atoms with Crippen molar-refractivity contribution in [3.05, 3.63) is 86.7 Å². The fraction of sp³-hybridized carbons (Fsp3) is 0.348. The first-order valence-corrected chi connectivity index (χ1v) is 10.8. The smallest absolute Gasteiger partial charge is 0.292 e. The number of aryl methyl sites for hydroxylation is 2. The van der Waals surface area contributed by atoms with Crippen LogP contribution in [0.25, 0.3) is 0 Å². The molecule has 0 bridgehead atoms. The minimum atomic E-state index is -0.138. The van der Waals surface area contributed by atoms with E-state index in [2.05, 4.69) is 42.0 Å². The Morgan fingerprint density at radius 2 is 1.86 bits per heavy atom. The first kappa shape index (κ1) is 18.9. The summed E-state index contributed by atoms with van der Waals surface area (Å²) in [6.45, 7) is 4.83. The molecule has 0 spiro atoms. The van der Waals surface area contributed by atoms with Gasteiger partial charge in [-0.15, -0.1) is 11.8 Å². The van der Waals surface area contributed by atoms with E-state index in [4.69, 9.17) is 0 Å². The monoisotopic (exact) mass is 391 g/mol. The molecule has 2 heterocycles. The molecule has 0 N–H and O–H groups in total. The summed E-state index contributed by atoms with van der Waals surface area (Å²) in [7, 11) is 0. The number of rotatable bonds is 5. The topological polar surface area (TPSA) is 47.8 Å². The second-order valence-electron chi connectivity index (χ2n) is 7.49. The van der Waals surface area contributed by atoms with Crippen molar-refractivity contribution >= 4 is 11.8 Å². The molecule has 0 saturated heterocycles. The molecule has 3 aromatic rings. The van der Waals surface area contributed by atoms with Crippen LogP contribution >= 0.6 is 11.8 Å². The zero-order valence-electron chi connectivity index (χ0n) is 16.4. The van der Waals surface area contributed by atoms with E-state index in [1.807, 2.05) is 16.7 Å². The van der Waals surface area contributed by atoms with Crippen LogP contribution in [-0.2, 0) is 25.1 Å². The molecule has 0 fully saturated rings. The molecule has 1 aliphatic rings. The molecular weight excluding hydrogens is 366 g/mol. The van der Waals surface area contributed by atoms with Gasteiger partial charge in [0.15, 0.2) is 0 Å². The summed E-state index contributed by atoms with van der Waals surface area (Å²) in [5.74, 6) is 0.848. The van der Waals surface area contributed by atoms with Crippen molar-refractivity contribution in [2.24, 2.45) is 0 Å². The van der Waals surface area contributed by atoms with E-state index in [1.165, 1.54) is 34.4 Å². The first-order valence-electron chi connectivity index (χ1n) is 9.82. The van der Waals surface area contributed by atoms with E-state index in [9.17, 15) is 4.79 Å². The molecule has 0 radical (unpaired) electrons. The van der Waals surface area contributed by atoms with Gasteiger partial charge >= 0.3 is 5.69 Å². The Morgan fingerprint density at radius 1 is 1.07 bits per heavy atom. The molecule has 1 aliphatic carbocycles. The van der Waals surface area contributed by atoms with Crippen molar-refractivity contribution in [3.63, 3.8) is 0 Å². The van der Waals surface area contributed by atoms with Crippen LogP contribution in [0.3, 0.4) is 0 Å². The van der Waals surface area contributed by atoms with Gasteiger partial charge in [0.1, 0.15) is 5.03 Å². The molecular formula is C23H25N3OS. The number of fused-ring (bicyclic) bond motifs is 1. The molecule has 5 heteroatoms. The Labute approximate surface area is 170 Å². The van der Waals surface area contributed by atoms with Crippen molar-refractivity contribution in [1.82, 2.24) is 14.5 Å². The van der Waals surface area contributed by atoms with Gasteiger partial charge in [-0.2, -0.15) is 4.98 Å². The van der Waals surface area contributed by atoms with Crippen LogP contribution in [0.15, 0.2) is 52.5 Å². The fourth-order valence-corrected chi connectivity index (χ4v) is 4.94. The van der Waals surface area contributed by atoms with Crippen LogP contribution in [0.2, 0.25) is 0 Å². The molecule has 0 unspecified atom stereocenters. The van der Waals surface area contributed by atoms with Crippen molar-refractivity contribution in [2.45, 2.75) is 56.9 Å². The number of aromatic nitrogens is 3. The highest BCUT2D eigenvalue weighted by Crippen LogP contribution is 2.31. The van der Waals surface area contributed by atoms with Crippen molar-refractivity contribution in [2.75, 3.05) is 0 Å². The second kappa shape index (κ2) is 8.31. The van der Waals surface area contributed by atoms with Crippen LogP contribution < -0.4 is 5.69 Å². The third-order valence-corrected chi connectivity index (χ3v) is 6.48. The van der Waals surface area contributed by atoms with E-state index >= 15 is 0 Å². The van der Waals surface area contributed by atoms with Crippen LogP contribution in [0.5, 0.6) is 0 Å². The Balaban J connectivity index is 1.66. The second-order valence-corrected chi connectivity index (χ2v) is 8.46. The highest BCUT2D eigenvalue weighted by Gasteiger charge is 2.20. The molecule has 0 atom stereocenters. The highest BCUT2D eigenvalue weighted by atomic mass is 32.2. The maximum absolute atomic E-state index is 12.9. The number of hydrogen-bond donors (Lipinski definition) is 0. The van der Waals surface area contributed by atoms with E-state index in [0.717, 1.165) is 35.6 Å². The Morgan fingerprint density at radius 3 is 2.68 bits per heavy atom. The molecule has 0 saturated carbocycles. The van der Waals surface area contributed by atoms with Gasteiger partial charge in [0, 0.05) is 29.4 Å². The summed E-state index contributed by atoms with van der Waals surface area (Å²) >= 11 is 1.71. The van der Waals surface area contributed by atoms with Crippen LogP contribution in [-0.4, -0.2) is 14.5 Å². The molecule has 1 aromatic carbocycles. The van der Waals surface area contributed by atoms with Gasteiger partial charge in [-0.1, -0.05) is 23.8 Å². The third kappa shape index (κ3) is 4.04. The minimum absolute atomic E-state index is 0.138. The molecule has 4 rings (SSSR count). The van der Waals surface area contributed by atoms with Crippen LogP contribution in [0, 0.1) is 13.8 Å². The predicted molar refractivity (Wildman–Crippen MR) is 114 cm³/mol. The molecule has 28 heavy (non-hydrogen) atoms. The van der Waals surface area contributed by atoms with Gasteiger partial charge in [0.05, 0.1) is 6.54 Å². The predicted octanol–water partition coefficient (Wildman–Crippen LogP) is 4.47. The van der Waals surface area contributed by atoms with Crippen molar-refractivity contribution in [3.8, 4) is 0 Å². The SMILES string of the molecule is Cc1ccc(C)c(CSc2nc(=O)n(Cc3ccncc3)c3c2CCCC3)c1. The lowest BCUT2D eigenvalue weighted by molar-refractivity contribution is 0.569. The molecule has 0 aliphatic heterocycles. The molecule has 144 valence electrons. The van der Waals surface area contributed by atoms with E-state index in [0.29, 0.717) is 6.54 Å². The van der Waals surface area contributed by atoms with E-state index in [1.54, 1.807) is 24.2 Å². The zero-order valence-corrected chi connectivity index (χ0v) is 17.3. The maximum Gasteiger partial charge on any atom is 0.349 e. The van der Waals surface area contributed by atoms with Crippen LogP contribution in [0.4, 0.5) is 0 Å². The highest BCUT2D eigenvalue weighted by molar-refractivity contribution is 7.98. The summed E-state index contributed by atoms with van der Waals surface area (Å²) < 4.78 is 1.87. The van der Waals surface area contributed by atoms with Gasteiger partial charge in [-0.3, -0.25) is 9.55 Å². The summed E-state index contributed by atoms with van der Waals surface area (Å²) in [6, 6.07) is 10.5. The summed E-state index contributed by atoms with van der Waals surface area (Å²) in [5, 5.41) is 0.923. The van der Waals surface area contributed by atoms with E-state index < -0.39 is 0 Å². The molecule has 0 amide bonds. The first-order chi connectivity index (χ1) is 13.6. The zero-order chi connectivity index (χ0) is 19.5. The van der Waals surface area contributed by atoms with Gasteiger partial charge in [-0.05, 0) is 68.4 Å². The normalized spacial score (nSPS) is 13.4. The minimum Gasteiger partial charge on any atom is -0.292 e. The quantitative estimate of drug-likeness (QED) is 0.475. The lowest BCUT2D eigenvalue weighted by atomic mass is 9.97. The number of benzene rings is 1. The Hall–Kier alpha value is -2.40. The number of pyridine rings is 1. The third-order valence-electron chi connectivity index (χ3n) is 5.41. The van der Waals surface area contributed by atoms with Gasteiger partial charge < -0.3 is 0 Å². The molecule has 2 aromatic heterocycles. The Kier molecular flexibility index (Phi) is 5.62. The fourth-order valence-electron chi connectivity index (χ4n) is 3.80. The van der Waals surface area contributed by atoms with Gasteiger partial charge in [0.2, 0.25) is 0 Å². The lowest BCUT2D eigenvalue weighted by Crippen LogP contribution is -2.30. The number of nitrogens with zero attached hydrogens (tertiary/aromatic N) is 3. The Bertz CT molecular complexity index is 1040. The average molecular weight is 392 g/mol. The average Bonchev–Trinajstić information content (AvgIpc) is 2.72. The largest absolute Gasteiger partial charge is 0.349 e. The maximum atomic E-state index is 12.9. The van der Waals surface area contributed by atoms with Crippen LogP contribution in [0.1, 0.15) is 46.4 Å². The van der Waals surface area contributed by atoms with Gasteiger partial charge in [0.25, 0.3) is 0 Å². The standard InChI is InChI=1S/C23H25N3OS/c1-16-7-8-17(2)19(13-16)15-28-22-20-5-3-4-6-21(20)26(23(27)25-22)14-18-9-11-24-12-10-18/h7-13H,3-6,14-15H2,1-2H3. The van der Waals surface area contributed by atoms with E-state index in [-0.39, 0.29) is 5.69 Å². The van der Waals surface area contributed by atoms with Gasteiger partial charge in [-0.25, -0.2) is 4.79 Å². The summed E-state index contributed by atoms with van der Waals surface area (Å²) in [4.78, 5) is 21.4. The lowest BCUT2D eigenvalue weighted by Gasteiger charge is -2.23. The van der Waals surface area contributed by atoms with Crippen molar-refractivity contribution < 1.29 is 0 Å². The summed E-state index contributed by atoms with van der Waals surface area (Å²) in [5.41, 5.74) is 7.27. The number of thioether (sulfide) groups is 1. The molecule has 4 nitrogen and oxygen atoms in total. The summed E-state index contributed by atoms with van der Waals surface area (Å²) in [6.07, 6.45) is 7.81. The number of hydrogen-bond acceptors (Lipinski definition) is 4.